The van der Waals surface area contributed by atoms with E-state index in [1.807, 2.05) is 4.90 Å². The van der Waals surface area contributed by atoms with E-state index in [-0.39, 0.29) is 60.5 Å². The molecule has 0 bridgehead atoms. The first kappa shape index (κ1) is 25.1. The summed E-state index contributed by atoms with van der Waals surface area (Å²) in [5, 5.41) is 21.7. The van der Waals surface area contributed by atoms with Gasteiger partial charge >= 0.3 is 5.97 Å². The number of aromatic amines is 1. The van der Waals surface area contributed by atoms with E-state index in [2.05, 4.69) is 15.3 Å². The Kier molecular flexibility index (Phi) is 8.79. The van der Waals surface area contributed by atoms with Crippen LogP contribution in [0.25, 0.3) is 0 Å². The van der Waals surface area contributed by atoms with Crippen molar-refractivity contribution in [2.24, 2.45) is 0 Å². The number of rotatable bonds is 10. The zero-order valence-electron chi connectivity index (χ0n) is 18.1. The number of anilines is 1. The quantitative estimate of drug-likeness (QED) is 0.365. The Hall–Kier alpha value is -2.53. The first-order valence-electron chi connectivity index (χ1n) is 10.5. The molecule has 1 saturated heterocycles. The van der Waals surface area contributed by atoms with E-state index in [0.29, 0.717) is 42.5 Å². The molecule has 1 fully saturated rings. The number of aliphatic hydroxyl groups is 1. The molecule has 0 unspecified atom stereocenters. The van der Waals surface area contributed by atoms with Crippen LogP contribution in [0.4, 0.5) is 5.82 Å². The molecule has 1 amide bonds. The molecule has 0 aliphatic carbocycles. The van der Waals surface area contributed by atoms with Crippen molar-refractivity contribution in [2.45, 2.75) is 25.8 Å². The van der Waals surface area contributed by atoms with Gasteiger partial charge in [-0.3, -0.25) is 4.79 Å². The van der Waals surface area contributed by atoms with Gasteiger partial charge in [0.2, 0.25) is 5.88 Å². The number of amides is 1. The highest BCUT2D eigenvalue weighted by Crippen LogP contribution is 2.29. The van der Waals surface area contributed by atoms with Crippen molar-refractivity contribution in [3.05, 3.63) is 39.1 Å². The summed E-state index contributed by atoms with van der Waals surface area (Å²) >= 11 is 12.2. The van der Waals surface area contributed by atoms with Gasteiger partial charge in [-0.25, -0.2) is 4.79 Å². The third-order valence-corrected chi connectivity index (χ3v) is 6.13. The molecule has 3 rings (SSSR count). The molecule has 1 aliphatic heterocycles. The lowest BCUT2D eigenvalue weighted by atomic mass is 10.0. The lowest BCUT2D eigenvalue weighted by molar-refractivity contribution is 0.0681. The number of aromatic carboxylic acids is 1. The number of halogens is 2. The monoisotopic (exact) mass is 500 g/mol. The lowest BCUT2D eigenvalue weighted by Crippen LogP contribution is -2.45. The molecule has 0 spiro atoms. The Morgan fingerprint density at radius 1 is 1.21 bits per heavy atom. The summed E-state index contributed by atoms with van der Waals surface area (Å²) in [7, 11) is 0. The van der Waals surface area contributed by atoms with Crippen LogP contribution in [0.3, 0.4) is 0 Å². The summed E-state index contributed by atoms with van der Waals surface area (Å²) in [5.74, 6) is -0.736. The number of carbonyl (C=O) groups is 2. The van der Waals surface area contributed by atoms with Crippen molar-refractivity contribution in [3.63, 3.8) is 0 Å². The van der Waals surface area contributed by atoms with Gasteiger partial charge in [-0.1, -0.05) is 23.2 Å². The number of pyridine rings is 1. The van der Waals surface area contributed by atoms with E-state index in [9.17, 15) is 14.7 Å². The average Bonchev–Trinajstić information content (AvgIpc) is 3.06. The zero-order valence-corrected chi connectivity index (χ0v) is 19.6. The Morgan fingerprint density at radius 3 is 2.55 bits per heavy atom. The fourth-order valence-corrected chi connectivity index (χ4v) is 3.88. The van der Waals surface area contributed by atoms with Crippen molar-refractivity contribution < 1.29 is 29.3 Å². The van der Waals surface area contributed by atoms with E-state index in [1.165, 1.54) is 12.1 Å². The van der Waals surface area contributed by atoms with Gasteiger partial charge in [0.25, 0.3) is 5.91 Å². The Labute approximate surface area is 200 Å². The Bertz CT molecular complexity index is 991. The summed E-state index contributed by atoms with van der Waals surface area (Å²) in [6.07, 6.45) is 1.28. The van der Waals surface area contributed by atoms with E-state index < -0.39 is 5.97 Å². The van der Waals surface area contributed by atoms with Crippen molar-refractivity contribution in [1.82, 2.24) is 15.3 Å². The predicted octanol–water partition coefficient (Wildman–Crippen LogP) is 2.51. The van der Waals surface area contributed by atoms with Crippen LogP contribution in [0.5, 0.6) is 5.88 Å². The second-order valence-corrected chi connectivity index (χ2v) is 8.29. The van der Waals surface area contributed by atoms with Crippen molar-refractivity contribution >= 4 is 40.9 Å². The molecule has 1 aliphatic rings. The molecule has 0 aromatic carbocycles. The number of aromatic nitrogens is 2. The topological polar surface area (TPSA) is 137 Å². The number of carboxylic acids is 1. The molecular weight excluding hydrogens is 475 g/mol. The van der Waals surface area contributed by atoms with E-state index in [0.717, 1.165) is 0 Å². The minimum atomic E-state index is -1.08. The fraction of sp³-hybridized carbons (Fsp3) is 0.476. The van der Waals surface area contributed by atoms with Crippen LogP contribution >= 0.6 is 23.2 Å². The molecule has 0 atom stereocenters. The van der Waals surface area contributed by atoms with E-state index in [1.54, 1.807) is 6.92 Å². The highest BCUT2D eigenvalue weighted by molar-refractivity contribution is 6.44. The molecule has 180 valence electrons. The first-order chi connectivity index (χ1) is 15.8. The van der Waals surface area contributed by atoms with Gasteiger partial charge in [0.15, 0.2) is 0 Å². The molecule has 2 aromatic rings. The molecule has 33 heavy (non-hydrogen) atoms. The smallest absolute Gasteiger partial charge is 0.336 e. The van der Waals surface area contributed by atoms with Gasteiger partial charge in [0.1, 0.15) is 18.1 Å². The Morgan fingerprint density at radius 2 is 1.94 bits per heavy atom. The number of aryl methyl sites for hydroxylation is 1. The highest BCUT2D eigenvalue weighted by Gasteiger charge is 2.25. The van der Waals surface area contributed by atoms with Crippen molar-refractivity contribution in [3.8, 4) is 5.88 Å². The van der Waals surface area contributed by atoms with Crippen LogP contribution in [0.15, 0.2) is 12.1 Å². The van der Waals surface area contributed by atoms with Gasteiger partial charge in [-0.2, -0.15) is 4.98 Å². The maximum absolute atomic E-state index is 12.6. The number of nitrogens with zero attached hydrogens (tertiary/aromatic N) is 2. The highest BCUT2D eigenvalue weighted by atomic mass is 35.5. The molecular formula is C21H26Cl2N4O6. The maximum Gasteiger partial charge on any atom is 0.336 e. The second-order valence-electron chi connectivity index (χ2n) is 7.53. The molecule has 0 radical (unpaired) electrons. The van der Waals surface area contributed by atoms with Crippen LogP contribution in [-0.2, 0) is 4.74 Å². The van der Waals surface area contributed by atoms with Gasteiger partial charge in [-0.15, -0.1) is 0 Å². The number of ether oxygens (including phenoxy) is 2. The maximum atomic E-state index is 12.6. The summed E-state index contributed by atoms with van der Waals surface area (Å²) in [6, 6.07) is 2.78. The van der Waals surface area contributed by atoms with Crippen molar-refractivity contribution in [2.75, 3.05) is 44.4 Å². The van der Waals surface area contributed by atoms with Gasteiger partial charge in [0, 0.05) is 30.9 Å². The Balaban J connectivity index is 1.60. The van der Waals surface area contributed by atoms with Crippen LogP contribution in [0.2, 0.25) is 10.0 Å². The number of carbonyl (C=O) groups excluding carboxylic acids is 1. The van der Waals surface area contributed by atoms with Crippen LogP contribution < -0.4 is 15.0 Å². The standard InChI is InChI=1S/C21H26Cl2N4O6/c1-12-17(22)18(23)19(24-12)20(29)25-14-2-4-27(5-3-14)15-10-13(21(30)31)11-16(26-15)33-9-8-32-7-6-28/h10-11,14,24,28H,2-9H2,1H3,(H,25,29)(H,30,31). The number of hydrogen-bond acceptors (Lipinski definition) is 7. The summed E-state index contributed by atoms with van der Waals surface area (Å²) < 4.78 is 10.7. The molecule has 3 heterocycles. The summed E-state index contributed by atoms with van der Waals surface area (Å²) in [5.41, 5.74) is 0.932. The molecule has 10 nitrogen and oxygen atoms in total. The van der Waals surface area contributed by atoms with Crippen LogP contribution in [-0.4, -0.2) is 77.6 Å². The predicted molar refractivity (Wildman–Crippen MR) is 123 cm³/mol. The minimum Gasteiger partial charge on any atom is -0.478 e. The van der Waals surface area contributed by atoms with E-state index in [4.69, 9.17) is 37.8 Å². The number of piperidine rings is 1. The first-order valence-corrected chi connectivity index (χ1v) is 11.2. The number of aliphatic hydroxyl groups excluding tert-OH is 1. The largest absolute Gasteiger partial charge is 0.478 e. The average molecular weight is 501 g/mol. The molecule has 12 heteroatoms. The lowest BCUT2D eigenvalue weighted by Gasteiger charge is -2.33. The number of hydrogen-bond donors (Lipinski definition) is 4. The fourth-order valence-electron chi connectivity index (χ4n) is 3.46. The van der Waals surface area contributed by atoms with Gasteiger partial charge < -0.3 is 34.9 Å². The molecule has 0 saturated carbocycles. The number of H-pyrrole nitrogens is 1. The third-order valence-electron chi connectivity index (χ3n) is 5.18. The second kappa shape index (κ2) is 11.6. The summed E-state index contributed by atoms with van der Waals surface area (Å²) in [4.78, 5) is 33.4. The minimum absolute atomic E-state index is 0.0651. The summed E-state index contributed by atoms with van der Waals surface area (Å²) in [6.45, 7) is 3.41. The van der Waals surface area contributed by atoms with Gasteiger partial charge in [0.05, 0.1) is 35.4 Å². The number of carboxylic acid groups (broad SMARTS) is 1. The molecule has 2 aromatic heterocycles. The van der Waals surface area contributed by atoms with E-state index >= 15 is 0 Å². The SMILES string of the molecule is Cc1[nH]c(C(=O)NC2CCN(c3cc(C(=O)O)cc(OCCOCCO)n3)CC2)c(Cl)c1Cl. The zero-order chi connectivity index (χ0) is 24.0. The van der Waals surface area contributed by atoms with Crippen LogP contribution in [0, 0.1) is 6.92 Å². The normalized spacial score (nSPS) is 14.4. The molecule has 4 N–H and O–H groups in total. The van der Waals surface area contributed by atoms with Gasteiger partial charge in [-0.05, 0) is 25.8 Å². The van der Waals surface area contributed by atoms with Crippen molar-refractivity contribution in [1.29, 1.82) is 0 Å². The third kappa shape index (κ3) is 6.50. The van der Waals surface area contributed by atoms with Crippen LogP contribution in [0.1, 0.15) is 39.4 Å². The number of nitrogens with one attached hydrogen (secondary N) is 2.